The first kappa shape index (κ1) is 19.7. The number of nitrogens with two attached hydrogens (primary N) is 1. The summed E-state index contributed by atoms with van der Waals surface area (Å²) in [6, 6.07) is 7.84. The Bertz CT molecular complexity index is 1040. The largest absolute Gasteiger partial charge is 0.277 e. The summed E-state index contributed by atoms with van der Waals surface area (Å²) in [5, 5.41) is 5.53. The van der Waals surface area contributed by atoms with Crippen LogP contribution < -0.4 is 9.86 Å². The van der Waals surface area contributed by atoms with E-state index in [1.54, 1.807) is 24.3 Å². The van der Waals surface area contributed by atoms with Gasteiger partial charge in [-0.25, -0.2) is 26.4 Å². The van der Waals surface area contributed by atoms with Crippen LogP contribution in [0.25, 0.3) is 6.08 Å². The van der Waals surface area contributed by atoms with Gasteiger partial charge in [-0.05, 0) is 35.9 Å². The number of benzene rings is 2. The normalized spacial score (nSPS) is 12.5. The summed E-state index contributed by atoms with van der Waals surface area (Å²) < 4.78 is 62.9. The monoisotopic (exact) mass is 424 g/mol. The number of sulfonamides is 2. The van der Waals surface area contributed by atoms with Crippen LogP contribution >= 0.6 is 23.2 Å². The fourth-order valence-electron chi connectivity index (χ4n) is 1.78. The lowest BCUT2D eigenvalue weighted by molar-refractivity contribution is 0.597. The maximum atomic E-state index is 13.6. The Hall–Kier alpha value is -1.65. The Morgan fingerprint density at radius 2 is 1.60 bits per heavy atom. The minimum Gasteiger partial charge on any atom is -0.277 e. The molecule has 134 valence electrons. The third-order valence-electron chi connectivity index (χ3n) is 2.92. The number of nitrogens with one attached hydrogen (secondary N) is 1. The van der Waals surface area contributed by atoms with Gasteiger partial charge < -0.3 is 0 Å². The lowest BCUT2D eigenvalue weighted by Gasteiger charge is -2.11. The molecule has 0 saturated carbocycles. The van der Waals surface area contributed by atoms with Crippen molar-refractivity contribution in [2.45, 2.75) is 4.90 Å². The van der Waals surface area contributed by atoms with Gasteiger partial charge in [-0.1, -0.05) is 35.3 Å². The van der Waals surface area contributed by atoms with Gasteiger partial charge in [-0.3, -0.25) is 4.72 Å². The molecule has 0 aliphatic heterocycles. The van der Waals surface area contributed by atoms with E-state index in [0.717, 1.165) is 17.5 Å². The van der Waals surface area contributed by atoms with Crippen LogP contribution in [0.2, 0.25) is 10.0 Å². The first-order valence-electron chi connectivity index (χ1n) is 6.47. The number of primary sulfonamides is 1. The van der Waals surface area contributed by atoms with Crippen LogP contribution in [0.3, 0.4) is 0 Å². The quantitative estimate of drug-likeness (QED) is 0.767. The maximum absolute atomic E-state index is 13.6. The fraction of sp³-hybridized carbons (Fsp3) is 0. The second-order valence-electron chi connectivity index (χ2n) is 4.78. The predicted octanol–water partition coefficient (Wildman–Crippen LogP) is 3.19. The van der Waals surface area contributed by atoms with Crippen LogP contribution in [0.1, 0.15) is 5.56 Å². The van der Waals surface area contributed by atoms with E-state index in [1.165, 1.54) is 6.08 Å². The molecule has 6 nitrogen and oxygen atoms in total. The van der Waals surface area contributed by atoms with Crippen LogP contribution in [-0.2, 0) is 20.0 Å². The molecular weight excluding hydrogens is 414 g/mol. The predicted molar refractivity (Wildman–Crippen MR) is 95.8 cm³/mol. The Balaban J connectivity index is 2.41. The summed E-state index contributed by atoms with van der Waals surface area (Å²) in [7, 11) is -8.53. The molecule has 0 aromatic heterocycles. The SMILES string of the molecule is NS(=O)(=O)c1ccc(F)c(Cl)c1NS(=O)(=O)C=Cc1ccc(Cl)cc1. The van der Waals surface area contributed by atoms with Gasteiger partial charge in [0.2, 0.25) is 10.0 Å². The van der Waals surface area contributed by atoms with Crippen molar-refractivity contribution in [2.24, 2.45) is 5.14 Å². The molecule has 0 radical (unpaired) electrons. The van der Waals surface area contributed by atoms with Crippen molar-refractivity contribution in [3.63, 3.8) is 0 Å². The van der Waals surface area contributed by atoms with E-state index in [0.29, 0.717) is 10.6 Å². The van der Waals surface area contributed by atoms with Crippen molar-refractivity contribution in [1.82, 2.24) is 0 Å². The van der Waals surface area contributed by atoms with Crippen molar-refractivity contribution in [3.8, 4) is 0 Å². The third-order valence-corrected chi connectivity index (χ3v) is 5.47. The second-order valence-corrected chi connectivity index (χ2v) is 8.69. The topological polar surface area (TPSA) is 106 Å². The van der Waals surface area contributed by atoms with E-state index in [1.807, 2.05) is 4.72 Å². The van der Waals surface area contributed by atoms with Crippen LogP contribution in [0.4, 0.5) is 10.1 Å². The number of anilines is 1. The molecule has 0 saturated heterocycles. The summed E-state index contributed by atoms with van der Waals surface area (Å²) in [4.78, 5) is -0.651. The second kappa shape index (κ2) is 7.30. The molecule has 0 amide bonds. The third kappa shape index (κ3) is 5.16. The smallest absolute Gasteiger partial charge is 0.255 e. The first-order chi connectivity index (χ1) is 11.5. The van der Waals surface area contributed by atoms with Crippen LogP contribution in [0, 0.1) is 5.82 Å². The zero-order valence-electron chi connectivity index (χ0n) is 12.3. The number of halogens is 3. The Morgan fingerprint density at radius 1 is 1.00 bits per heavy atom. The molecule has 2 aromatic carbocycles. The van der Waals surface area contributed by atoms with Crippen molar-refractivity contribution in [1.29, 1.82) is 0 Å². The van der Waals surface area contributed by atoms with Crippen molar-refractivity contribution >= 4 is 55.0 Å². The molecule has 11 heteroatoms. The molecule has 0 atom stereocenters. The van der Waals surface area contributed by atoms with Crippen LogP contribution in [-0.4, -0.2) is 16.8 Å². The highest BCUT2D eigenvalue weighted by molar-refractivity contribution is 7.95. The molecule has 3 N–H and O–H groups in total. The number of hydrogen-bond acceptors (Lipinski definition) is 4. The van der Waals surface area contributed by atoms with Gasteiger partial charge in [0, 0.05) is 5.02 Å². The molecule has 0 spiro atoms. The van der Waals surface area contributed by atoms with Gasteiger partial charge in [0.1, 0.15) is 15.7 Å². The van der Waals surface area contributed by atoms with Gasteiger partial charge in [0.25, 0.3) is 10.0 Å². The Morgan fingerprint density at radius 3 is 2.16 bits per heavy atom. The van der Waals surface area contributed by atoms with Crippen molar-refractivity contribution in [3.05, 3.63) is 63.2 Å². The summed E-state index contributed by atoms with van der Waals surface area (Å²) in [6.45, 7) is 0. The summed E-state index contributed by atoms with van der Waals surface area (Å²) in [6.07, 6.45) is 1.24. The number of rotatable bonds is 5. The lowest BCUT2D eigenvalue weighted by Crippen LogP contribution is -2.18. The van der Waals surface area contributed by atoms with Crippen molar-refractivity contribution in [2.75, 3.05) is 4.72 Å². The minimum absolute atomic E-state index is 0.475. The average Bonchev–Trinajstić information content (AvgIpc) is 2.50. The van der Waals surface area contributed by atoms with E-state index in [2.05, 4.69) is 0 Å². The Kier molecular flexibility index (Phi) is 5.75. The zero-order valence-corrected chi connectivity index (χ0v) is 15.4. The van der Waals surface area contributed by atoms with Crippen LogP contribution in [0.15, 0.2) is 46.7 Å². The standard InChI is InChI=1S/C14H11Cl2FN2O4S2/c15-10-3-1-9(2-4-10)7-8-24(20,21)19-14-12(25(18,22)23)6-5-11(17)13(14)16/h1-8,19H,(H2,18,22,23). The molecule has 0 unspecified atom stereocenters. The van der Waals surface area contributed by atoms with E-state index >= 15 is 0 Å². The van der Waals surface area contributed by atoms with E-state index < -0.39 is 41.5 Å². The van der Waals surface area contributed by atoms with Gasteiger partial charge in [-0.15, -0.1) is 0 Å². The Labute approximate surface area is 154 Å². The summed E-state index contributed by atoms with van der Waals surface area (Å²) >= 11 is 11.4. The van der Waals surface area contributed by atoms with Gasteiger partial charge >= 0.3 is 0 Å². The van der Waals surface area contributed by atoms with E-state index in [-0.39, 0.29) is 0 Å². The molecule has 0 fully saturated rings. The highest BCUT2D eigenvalue weighted by atomic mass is 35.5. The van der Waals surface area contributed by atoms with Crippen LogP contribution in [0.5, 0.6) is 0 Å². The molecule has 0 heterocycles. The average molecular weight is 425 g/mol. The molecule has 2 rings (SSSR count). The molecule has 0 aliphatic rings. The molecule has 0 bridgehead atoms. The van der Waals surface area contributed by atoms with E-state index in [4.69, 9.17) is 28.3 Å². The number of hydrogen-bond donors (Lipinski definition) is 2. The molecular formula is C14H11Cl2FN2O4S2. The summed E-state index contributed by atoms with van der Waals surface area (Å²) in [5.41, 5.74) is -0.142. The maximum Gasteiger partial charge on any atom is 0.255 e. The highest BCUT2D eigenvalue weighted by Gasteiger charge is 2.22. The fourth-order valence-corrected chi connectivity index (χ4v) is 3.89. The highest BCUT2D eigenvalue weighted by Crippen LogP contribution is 2.32. The van der Waals surface area contributed by atoms with Gasteiger partial charge in [0.05, 0.1) is 11.1 Å². The lowest BCUT2D eigenvalue weighted by atomic mass is 10.2. The minimum atomic E-state index is -4.33. The molecule has 25 heavy (non-hydrogen) atoms. The zero-order chi connectivity index (χ0) is 18.8. The summed E-state index contributed by atoms with van der Waals surface area (Å²) in [5.74, 6) is -1.01. The first-order valence-corrected chi connectivity index (χ1v) is 10.3. The van der Waals surface area contributed by atoms with Gasteiger partial charge in [0.15, 0.2) is 0 Å². The molecule has 2 aromatic rings. The molecule has 0 aliphatic carbocycles. The van der Waals surface area contributed by atoms with E-state index in [9.17, 15) is 21.2 Å². The van der Waals surface area contributed by atoms with Crippen molar-refractivity contribution < 1.29 is 21.2 Å². The van der Waals surface area contributed by atoms with Gasteiger partial charge in [-0.2, -0.15) is 0 Å².